The highest BCUT2D eigenvalue weighted by molar-refractivity contribution is 5.32. The van der Waals surface area contributed by atoms with Crippen LogP contribution in [0.25, 0.3) is 0 Å². The lowest BCUT2D eigenvalue weighted by molar-refractivity contribution is 0.387. The summed E-state index contributed by atoms with van der Waals surface area (Å²) >= 11 is 0. The molecule has 0 aliphatic heterocycles. The van der Waals surface area contributed by atoms with Gasteiger partial charge < -0.3 is 10.6 Å². The molecule has 0 unspecified atom stereocenters. The maximum atomic E-state index is 8.89. The fourth-order valence-corrected chi connectivity index (χ4v) is 2.45. The van der Waals surface area contributed by atoms with Crippen molar-refractivity contribution in [1.29, 1.82) is 5.26 Å². The van der Waals surface area contributed by atoms with Gasteiger partial charge in [0.1, 0.15) is 0 Å². The van der Waals surface area contributed by atoms with Crippen LogP contribution in [0.15, 0.2) is 48.8 Å². The summed E-state index contributed by atoms with van der Waals surface area (Å²) in [5, 5.41) is 15.7. The number of nitriles is 1. The summed E-state index contributed by atoms with van der Waals surface area (Å²) in [4.78, 5) is 0. The van der Waals surface area contributed by atoms with Gasteiger partial charge in [0.2, 0.25) is 0 Å². The van der Waals surface area contributed by atoms with Gasteiger partial charge in [0.05, 0.1) is 11.6 Å². The SMILES string of the molecule is C=C(C)NC[C@@H](Cc1ccc(C#N)cc1)NC(=C)CC(C)(C)C. The van der Waals surface area contributed by atoms with Gasteiger partial charge in [-0.05, 0) is 42.9 Å². The Morgan fingerprint density at radius 2 is 1.83 bits per heavy atom. The molecule has 0 bridgehead atoms. The Labute approximate surface area is 141 Å². The van der Waals surface area contributed by atoms with Gasteiger partial charge in [0.15, 0.2) is 0 Å². The Kier molecular flexibility index (Phi) is 6.90. The molecular formula is C20H29N3. The standard InChI is InChI=1S/C20H29N3/c1-15(2)22-14-19(23-16(3)12-20(4,5)6)11-17-7-9-18(13-21)10-8-17/h7-10,19,22-23H,1,3,11-12,14H2,2,4-6H3/t19-/m1/s1. The number of hydrogen-bond donors (Lipinski definition) is 2. The Balaban J connectivity index is 2.72. The largest absolute Gasteiger partial charge is 0.387 e. The van der Waals surface area contributed by atoms with Crippen LogP contribution in [0.1, 0.15) is 45.2 Å². The molecule has 0 aliphatic rings. The van der Waals surface area contributed by atoms with E-state index in [1.807, 2.05) is 31.2 Å². The van der Waals surface area contributed by atoms with E-state index < -0.39 is 0 Å². The van der Waals surface area contributed by atoms with Crippen LogP contribution in [0.4, 0.5) is 0 Å². The third kappa shape index (κ3) is 8.11. The van der Waals surface area contributed by atoms with Crippen molar-refractivity contribution in [2.24, 2.45) is 5.41 Å². The predicted octanol–water partition coefficient (Wildman–Crippen LogP) is 4.13. The molecule has 1 aromatic rings. The minimum atomic E-state index is 0.213. The van der Waals surface area contributed by atoms with Crippen LogP contribution >= 0.6 is 0 Å². The molecule has 0 saturated heterocycles. The van der Waals surface area contributed by atoms with Gasteiger partial charge in [-0.25, -0.2) is 0 Å². The van der Waals surface area contributed by atoms with E-state index in [4.69, 9.17) is 5.26 Å². The van der Waals surface area contributed by atoms with Crippen LogP contribution in [0, 0.1) is 16.7 Å². The van der Waals surface area contributed by atoms with E-state index in [0.717, 1.165) is 30.8 Å². The Bertz CT molecular complexity index is 570. The van der Waals surface area contributed by atoms with Crippen molar-refractivity contribution in [3.8, 4) is 6.07 Å². The second-order valence-corrected chi connectivity index (χ2v) is 7.36. The summed E-state index contributed by atoms with van der Waals surface area (Å²) in [5.74, 6) is 0. The Hall–Kier alpha value is -2.21. The zero-order valence-electron chi connectivity index (χ0n) is 14.9. The predicted molar refractivity (Wildman–Crippen MR) is 97.8 cm³/mol. The van der Waals surface area contributed by atoms with Crippen LogP contribution in [-0.2, 0) is 6.42 Å². The van der Waals surface area contributed by atoms with Crippen molar-refractivity contribution in [2.45, 2.75) is 46.6 Å². The van der Waals surface area contributed by atoms with Crippen molar-refractivity contribution >= 4 is 0 Å². The molecule has 3 heteroatoms. The summed E-state index contributed by atoms with van der Waals surface area (Å²) in [7, 11) is 0. The van der Waals surface area contributed by atoms with Crippen molar-refractivity contribution < 1.29 is 0 Å². The fraction of sp³-hybridized carbons (Fsp3) is 0.450. The first-order chi connectivity index (χ1) is 10.7. The highest BCUT2D eigenvalue weighted by atomic mass is 15.0. The number of nitrogens with one attached hydrogen (secondary N) is 2. The molecule has 1 atom stereocenters. The lowest BCUT2D eigenvalue weighted by Gasteiger charge is -2.26. The van der Waals surface area contributed by atoms with Crippen molar-refractivity contribution in [3.63, 3.8) is 0 Å². The zero-order chi connectivity index (χ0) is 17.5. The van der Waals surface area contributed by atoms with Crippen LogP contribution in [0.3, 0.4) is 0 Å². The van der Waals surface area contributed by atoms with Gasteiger partial charge in [0.25, 0.3) is 0 Å². The average Bonchev–Trinajstić information content (AvgIpc) is 2.43. The van der Waals surface area contributed by atoms with Gasteiger partial charge in [0, 0.05) is 24.0 Å². The number of nitrogens with zero attached hydrogens (tertiary/aromatic N) is 1. The summed E-state index contributed by atoms with van der Waals surface area (Å²) in [6.07, 6.45) is 1.80. The molecule has 0 aliphatic carbocycles. The number of allylic oxidation sites excluding steroid dienone is 2. The molecular weight excluding hydrogens is 282 g/mol. The molecule has 2 N–H and O–H groups in total. The van der Waals surface area contributed by atoms with E-state index in [2.05, 4.69) is 50.6 Å². The number of rotatable bonds is 8. The molecule has 0 radical (unpaired) electrons. The number of hydrogen-bond acceptors (Lipinski definition) is 3. The molecule has 1 aromatic carbocycles. The van der Waals surface area contributed by atoms with Crippen LogP contribution in [0.5, 0.6) is 0 Å². The topological polar surface area (TPSA) is 47.9 Å². The maximum absolute atomic E-state index is 8.89. The highest BCUT2D eigenvalue weighted by Crippen LogP contribution is 2.22. The summed E-state index contributed by atoms with van der Waals surface area (Å²) < 4.78 is 0. The number of benzene rings is 1. The molecule has 23 heavy (non-hydrogen) atoms. The fourth-order valence-electron chi connectivity index (χ4n) is 2.45. The zero-order valence-corrected chi connectivity index (χ0v) is 14.9. The minimum absolute atomic E-state index is 0.213. The van der Waals surface area contributed by atoms with E-state index in [0.29, 0.717) is 5.56 Å². The lowest BCUT2D eigenvalue weighted by atomic mass is 9.90. The van der Waals surface area contributed by atoms with Crippen molar-refractivity contribution in [1.82, 2.24) is 10.6 Å². The normalized spacial score (nSPS) is 12.1. The van der Waals surface area contributed by atoms with Gasteiger partial charge in [-0.1, -0.05) is 46.1 Å². The Morgan fingerprint density at radius 1 is 1.22 bits per heavy atom. The van der Waals surface area contributed by atoms with E-state index >= 15 is 0 Å². The molecule has 0 spiro atoms. The highest BCUT2D eigenvalue weighted by Gasteiger charge is 2.15. The van der Waals surface area contributed by atoms with Crippen LogP contribution < -0.4 is 10.6 Å². The van der Waals surface area contributed by atoms with Crippen LogP contribution in [0.2, 0.25) is 0 Å². The summed E-state index contributed by atoms with van der Waals surface area (Å²) in [6, 6.07) is 10.1. The average molecular weight is 311 g/mol. The molecule has 0 amide bonds. The third-order valence-corrected chi connectivity index (χ3v) is 3.37. The quantitative estimate of drug-likeness (QED) is 0.759. The maximum Gasteiger partial charge on any atom is 0.0991 e. The second-order valence-electron chi connectivity index (χ2n) is 7.36. The van der Waals surface area contributed by atoms with Crippen LogP contribution in [-0.4, -0.2) is 12.6 Å². The van der Waals surface area contributed by atoms with Crippen molar-refractivity contribution in [2.75, 3.05) is 6.54 Å². The van der Waals surface area contributed by atoms with E-state index in [-0.39, 0.29) is 11.5 Å². The smallest absolute Gasteiger partial charge is 0.0991 e. The van der Waals surface area contributed by atoms with Crippen molar-refractivity contribution in [3.05, 3.63) is 59.9 Å². The van der Waals surface area contributed by atoms with Gasteiger partial charge in [-0.2, -0.15) is 5.26 Å². The minimum Gasteiger partial charge on any atom is -0.387 e. The molecule has 124 valence electrons. The lowest BCUT2D eigenvalue weighted by Crippen LogP contribution is -2.39. The molecule has 0 aromatic heterocycles. The van der Waals surface area contributed by atoms with E-state index in [1.54, 1.807) is 0 Å². The summed E-state index contributed by atoms with van der Waals surface area (Å²) in [6.45, 7) is 17.5. The monoisotopic (exact) mass is 311 g/mol. The molecule has 0 saturated carbocycles. The Morgan fingerprint density at radius 3 is 2.30 bits per heavy atom. The van der Waals surface area contributed by atoms with Gasteiger partial charge >= 0.3 is 0 Å². The first kappa shape index (κ1) is 18.8. The van der Waals surface area contributed by atoms with E-state index in [9.17, 15) is 0 Å². The summed E-state index contributed by atoms with van der Waals surface area (Å²) in [5.41, 5.74) is 4.12. The molecule has 1 rings (SSSR count). The first-order valence-corrected chi connectivity index (χ1v) is 8.02. The molecule has 3 nitrogen and oxygen atoms in total. The van der Waals surface area contributed by atoms with E-state index in [1.165, 1.54) is 5.56 Å². The van der Waals surface area contributed by atoms with Gasteiger partial charge in [-0.3, -0.25) is 0 Å². The second kappa shape index (κ2) is 8.43. The molecule has 0 fully saturated rings. The third-order valence-electron chi connectivity index (χ3n) is 3.37. The van der Waals surface area contributed by atoms with Gasteiger partial charge in [-0.15, -0.1) is 0 Å². The first-order valence-electron chi connectivity index (χ1n) is 8.02. The molecule has 0 heterocycles.